The number of fused-ring (bicyclic) bond motifs is 2. The molecule has 0 aliphatic carbocycles. The third-order valence-corrected chi connectivity index (χ3v) is 4.82. The van der Waals surface area contributed by atoms with Crippen molar-refractivity contribution in [1.82, 2.24) is 4.90 Å². The van der Waals surface area contributed by atoms with Crippen molar-refractivity contribution in [2.45, 2.75) is 12.5 Å². The van der Waals surface area contributed by atoms with Gasteiger partial charge in [-0.2, -0.15) is 0 Å². The van der Waals surface area contributed by atoms with Gasteiger partial charge in [-0.05, 0) is 38.1 Å². The van der Waals surface area contributed by atoms with Crippen LogP contribution in [0.25, 0.3) is 21.9 Å². The lowest BCUT2D eigenvalue weighted by molar-refractivity contribution is 0.314. The molecule has 2 atom stereocenters. The van der Waals surface area contributed by atoms with Crippen molar-refractivity contribution in [2.24, 2.45) is 11.7 Å². The summed E-state index contributed by atoms with van der Waals surface area (Å²) >= 11 is 0. The maximum absolute atomic E-state index is 5.88. The summed E-state index contributed by atoms with van der Waals surface area (Å²) in [6.07, 6.45) is 4.46. The molecule has 2 aromatic heterocycles. The summed E-state index contributed by atoms with van der Waals surface area (Å²) in [4.78, 5) is 2.35. The molecule has 0 radical (unpaired) electrons. The summed E-state index contributed by atoms with van der Waals surface area (Å²) in [7, 11) is 3.81. The molecule has 1 saturated heterocycles. The summed E-state index contributed by atoms with van der Waals surface area (Å²) in [5.74, 6) is 1.26. The molecule has 0 spiro atoms. The van der Waals surface area contributed by atoms with Gasteiger partial charge in [0.25, 0.3) is 0 Å². The zero-order chi connectivity index (χ0) is 15.3. The van der Waals surface area contributed by atoms with Crippen LogP contribution in [-0.4, -0.2) is 32.1 Å². The van der Waals surface area contributed by atoms with Crippen molar-refractivity contribution in [3.63, 3.8) is 0 Å². The monoisotopic (exact) mass is 300 g/mol. The summed E-state index contributed by atoms with van der Waals surface area (Å²) in [6.45, 7) is 1.72. The van der Waals surface area contributed by atoms with E-state index in [1.54, 1.807) is 19.6 Å². The second-order valence-electron chi connectivity index (χ2n) is 6.07. The molecule has 1 aliphatic heterocycles. The Morgan fingerprint density at radius 2 is 1.95 bits per heavy atom. The van der Waals surface area contributed by atoms with Crippen LogP contribution in [0.5, 0.6) is 5.75 Å². The van der Waals surface area contributed by atoms with Crippen LogP contribution >= 0.6 is 0 Å². The molecular formula is C17H20N2O3. The predicted octanol–water partition coefficient (Wildman–Crippen LogP) is 3.14. The van der Waals surface area contributed by atoms with E-state index in [0.29, 0.717) is 12.5 Å². The normalized spacial score (nSPS) is 22.9. The standard InChI is InChI=1S/C17H20N2O3/c1-19-9-10(8-18)7-13(19)14-11-3-5-22-17(11)16(20-2)12-4-6-21-15(12)14/h3-6,10,13H,7-9,18H2,1-2H3. The van der Waals surface area contributed by atoms with Gasteiger partial charge in [-0.15, -0.1) is 0 Å². The van der Waals surface area contributed by atoms with Crippen molar-refractivity contribution in [3.05, 3.63) is 30.2 Å². The smallest absolute Gasteiger partial charge is 0.176 e. The molecule has 4 rings (SSSR count). The number of methoxy groups -OCH3 is 1. The van der Waals surface area contributed by atoms with E-state index in [1.807, 2.05) is 12.1 Å². The van der Waals surface area contributed by atoms with E-state index in [-0.39, 0.29) is 6.04 Å². The minimum atomic E-state index is 0.285. The van der Waals surface area contributed by atoms with Gasteiger partial charge in [-0.1, -0.05) is 0 Å². The van der Waals surface area contributed by atoms with E-state index in [0.717, 1.165) is 40.7 Å². The second-order valence-corrected chi connectivity index (χ2v) is 6.07. The highest BCUT2D eigenvalue weighted by atomic mass is 16.5. The van der Waals surface area contributed by atoms with Gasteiger partial charge in [0.1, 0.15) is 5.58 Å². The number of ether oxygens (including phenoxy) is 1. The highest BCUT2D eigenvalue weighted by Crippen LogP contribution is 2.46. The Morgan fingerprint density at radius 3 is 2.64 bits per heavy atom. The molecule has 116 valence electrons. The Hall–Kier alpha value is -1.98. The summed E-state index contributed by atoms with van der Waals surface area (Å²) < 4.78 is 17.1. The van der Waals surface area contributed by atoms with Crippen molar-refractivity contribution >= 4 is 21.9 Å². The molecule has 1 aromatic carbocycles. The lowest BCUT2D eigenvalue weighted by Gasteiger charge is -2.21. The van der Waals surface area contributed by atoms with Crippen LogP contribution in [0.2, 0.25) is 0 Å². The van der Waals surface area contributed by atoms with Crippen LogP contribution in [0.3, 0.4) is 0 Å². The van der Waals surface area contributed by atoms with Crippen molar-refractivity contribution in [3.8, 4) is 5.75 Å². The van der Waals surface area contributed by atoms with Gasteiger partial charge in [0.2, 0.25) is 0 Å². The molecule has 3 aromatic rings. The Labute approximate surface area is 128 Å². The van der Waals surface area contributed by atoms with E-state index in [9.17, 15) is 0 Å². The van der Waals surface area contributed by atoms with Gasteiger partial charge >= 0.3 is 0 Å². The third-order valence-electron chi connectivity index (χ3n) is 4.82. The van der Waals surface area contributed by atoms with E-state index in [2.05, 4.69) is 11.9 Å². The fourth-order valence-corrected chi connectivity index (χ4v) is 3.79. The number of hydrogen-bond donors (Lipinski definition) is 1. The molecular weight excluding hydrogens is 280 g/mol. The number of nitrogens with zero attached hydrogens (tertiary/aromatic N) is 1. The molecule has 2 N–H and O–H groups in total. The second kappa shape index (κ2) is 5.04. The zero-order valence-electron chi connectivity index (χ0n) is 12.8. The Kier molecular flexibility index (Phi) is 3.13. The van der Waals surface area contributed by atoms with Crippen LogP contribution in [0.15, 0.2) is 33.5 Å². The first-order chi connectivity index (χ1) is 10.7. The number of hydrogen-bond acceptors (Lipinski definition) is 5. The van der Waals surface area contributed by atoms with Gasteiger partial charge in [0.15, 0.2) is 11.3 Å². The van der Waals surface area contributed by atoms with Crippen molar-refractivity contribution in [1.29, 1.82) is 0 Å². The minimum absolute atomic E-state index is 0.285. The first-order valence-corrected chi connectivity index (χ1v) is 7.59. The number of benzene rings is 1. The average Bonchev–Trinajstić information content (AvgIpc) is 3.23. The quantitative estimate of drug-likeness (QED) is 0.805. The largest absolute Gasteiger partial charge is 0.492 e. The number of rotatable bonds is 3. The van der Waals surface area contributed by atoms with Crippen LogP contribution < -0.4 is 10.5 Å². The highest BCUT2D eigenvalue weighted by molar-refractivity contribution is 6.04. The maximum Gasteiger partial charge on any atom is 0.176 e. The molecule has 0 bridgehead atoms. The Balaban J connectivity index is 2.00. The summed E-state index contributed by atoms with van der Waals surface area (Å²) in [5, 5.41) is 2.03. The topological polar surface area (TPSA) is 64.8 Å². The molecule has 1 fully saturated rings. The SMILES string of the molecule is COc1c2ccoc2c(C2CC(CN)CN2C)c2ccoc12. The molecule has 0 amide bonds. The van der Waals surface area contributed by atoms with Gasteiger partial charge in [-0.3, -0.25) is 4.90 Å². The average molecular weight is 300 g/mol. The van der Waals surface area contributed by atoms with E-state index in [1.165, 1.54) is 5.56 Å². The van der Waals surface area contributed by atoms with Crippen LogP contribution in [0.1, 0.15) is 18.0 Å². The summed E-state index contributed by atoms with van der Waals surface area (Å²) in [5.41, 5.74) is 8.74. The van der Waals surface area contributed by atoms with Gasteiger partial charge in [0, 0.05) is 23.5 Å². The van der Waals surface area contributed by atoms with Gasteiger partial charge in [-0.25, -0.2) is 0 Å². The Morgan fingerprint density at radius 1 is 1.23 bits per heavy atom. The van der Waals surface area contributed by atoms with Crippen molar-refractivity contribution in [2.75, 3.05) is 27.2 Å². The molecule has 5 heteroatoms. The van der Waals surface area contributed by atoms with Crippen LogP contribution in [0.4, 0.5) is 0 Å². The number of nitrogens with two attached hydrogens (primary N) is 1. The van der Waals surface area contributed by atoms with Crippen LogP contribution in [0, 0.1) is 5.92 Å². The number of likely N-dealkylation sites (tertiary alicyclic amines) is 1. The zero-order valence-corrected chi connectivity index (χ0v) is 12.8. The van der Waals surface area contributed by atoms with Gasteiger partial charge < -0.3 is 19.3 Å². The fourth-order valence-electron chi connectivity index (χ4n) is 3.79. The van der Waals surface area contributed by atoms with Gasteiger partial charge in [0.05, 0.1) is 25.0 Å². The molecule has 0 saturated carbocycles. The molecule has 2 unspecified atom stereocenters. The minimum Gasteiger partial charge on any atom is -0.492 e. The first-order valence-electron chi connectivity index (χ1n) is 7.59. The molecule has 5 nitrogen and oxygen atoms in total. The van der Waals surface area contributed by atoms with Crippen LogP contribution in [-0.2, 0) is 0 Å². The lowest BCUT2D eigenvalue weighted by atomic mass is 9.95. The van der Waals surface area contributed by atoms with E-state index in [4.69, 9.17) is 19.3 Å². The lowest BCUT2D eigenvalue weighted by Crippen LogP contribution is -2.20. The summed E-state index contributed by atoms with van der Waals surface area (Å²) in [6, 6.07) is 4.22. The third kappa shape index (κ3) is 1.79. The number of furan rings is 2. The van der Waals surface area contributed by atoms with Crippen molar-refractivity contribution < 1.29 is 13.6 Å². The molecule has 3 heterocycles. The highest BCUT2D eigenvalue weighted by Gasteiger charge is 2.34. The fraction of sp³-hybridized carbons (Fsp3) is 0.412. The predicted molar refractivity (Wildman–Crippen MR) is 85.1 cm³/mol. The first kappa shape index (κ1) is 13.7. The Bertz CT molecular complexity index is 768. The molecule has 1 aliphatic rings. The van der Waals surface area contributed by atoms with E-state index < -0.39 is 0 Å². The molecule has 22 heavy (non-hydrogen) atoms. The van der Waals surface area contributed by atoms with E-state index >= 15 is 0 Å². The maximum atomic E-state index is 5.88.